The van der Waals surface area contributed by atoms with Gasteiger partial charge in [-0.25, -0.2) is 0 Å². The number of nitrogens with two attached hydrogens (primary N) is 1. The van der Waals surface area contributed by atoms with Gasteiger partial charge in [-0.2, -0.15) is 5.10 Å². The van der Waals surface area contributed by atoms with Gasteiger partial charge in [0.2, 0.25) is 0 Å². The number of hydrogen-bond donors (Lipinski definition) is 2. The highest BCUT2D eigenvalue weighted by molar-refractivity contribution is 7.80. The number of ether oxygens (including phenoxy) is 1. The van der Waals surface area contributed by atoms with Crippen molar-refractivity contribution in [2.45, 2.75) is 13.3 Å². The van der Waals surface area contributed by atoms with Crippen molar-refractivity contribution in [3.05, 3.63) is 35.7 Å². The average Bonchev–Trinajstić information content (AvgIpc) is 2.78. The highest BCUT2D eigenvalue weighted by Crippen LogP contribution is 2.27. The van der Waals surface area contributed by atoms with Crippen LogP contribution in [0.15, 0.2) is 24.4 Å². The summed E-state index contributed by atoms with van der Waals surface area (Å²) in [6.45, 7) is 2.06. The van der Waals surface area contributed by atoms with E-state index >= 15 is 0 Å². The lowest BCUT2D eigenvalue weighted by atomic mass is 10.1. The Bertz CT molecular complexity index is 636. The smallest absolute Gasteiger partial charge is 0.120 e. The first kappa shape index (κ1) is 14.3. The Labute approximate surface area is 123 Å². The van der Waals surface area contributed by atoms with Crippen molar-refractivity contribution < 1.29 is 4.74 Å². The molecule has 0 spiro atoms. The van der Waals surface area contributed by atoms with E-state index in [-0.39, 0.29) is 0 Å². The molecule has 3 N–H and O–H groups in total. The Morgan fingerprint density at radius 1 is 1.45 bits per heavy atom. The van der Waals surface area contributed by atoms with Gasteiger partial charge in [0, 0.05) is 24.9 Å². The average molecular weight is 290 g/mol. The van der Waals surface area contributed by atoms with Crippen molar-refractivity contribution in [1.29, 1.82) is 0 Å². The van der Waals surface area contributed by atoms with Gasteiger partial charge < -0.3 is 15.8 Å². The van der Waals surface area contributed by atoms with Crippen LogP contribution in [0.3, 0.4) is 0 Å². The molecule has 0 amide bonds. The summed E-state index contributed by atoms with van der Waals surface area (Å²) in [5.41, 5.74) is 9.30. The first-order valence-corrected chi connectivity index (χ1v) is 6.73. The number of thiocarbonyl (C=S) groups is 1. The molecular weight excluding hydrogens is 272 g/mol. The molecule has 0 bridgehead atoms. The van der Waals surface area contributed by atoms with E-state index in [0.717, 1.165) is 34.8 Å². The first-order valence-electron chi connectivity index (χ1n) is 6.32. The number of aryl methyl sites for hydroxylation is 2. The van der Waals surface area contributed by atoms with Crippen molar-refractivity contribution in [3.8, 4) is 5.75 Å². The van der Waals surface area contributed by atoms with Crippen LogP contribution in [0.4, 0.5) is 11.4 Å². The summed E-state index contributed by atoms with van der Waals surface area (Å²) in [6.07, 6.45) is 2.78. The number of benzene rings is 1. The second kappa shape index (κ2) is 5.92. The lowest BCUT2D eigenvalue weighted by molar-refractivity contribution is 0.415. The Morgan fingerprint density at radius 2 is 2.20 bits per heavy atom. The largest absolute Gasteiger partial charge is 0.497 e. The van der Waals surface area contributed by atoms with Crippen LogP contribution >= 0.6 is 12.2 Å². The van der Waals surface area contributed by atoms with Gasteiger partial charge in [-0.1, -0.05) is 19.1 Å². The third-order valence-corrected chi connectivity index (χ3v) is 3.22. The van der Waals surface area contributed by atoms with E-state index < -0.39 is 0 Å². The minimum absolute atomic E-state index is 0.345. The molecule has 0 aliphatic heterocycles. The Balaban J connectivity index is 2.42. The lowest BCUT2D eigenvalue weighted by Crippen LogP contribution is -2.12. The van der Waals surface area contributed by atoms with Crippen LogP contribution < -0.4 is 15.8 Å². The summed E-state index contributed by atoms with van der Waals surface area (Å²) in [5, 5.41) is 7.74. The molecule has 0 saturated carbocycles. The van der Waals surface area contributed by atoms with Gasteiger partial charge in [0.1, 0.15) is 10.7 Å². The summed E-state index contributed by atoms with van der Waals surface area (Å²) < 4.78 is 7.02. The van der Waals surface area contributed by atoms with Crippen LogP contribution in [-0.2, 0) is 13.5 Å². The van der Waals surface area contributed by atoms with E-state index in [9.17, 15) is 0 Å². The van der Waals surface area contributed by atoms with Crippen molar-refractivity contribution in [2.75, 3.05) is 12.4 Å². The second-order valence-electron chi connectivity index (χ2n) is 4.42. The van der Waals surface area contributed by atoms with Crippen LogP contribution in [0.25, 0.3) is 0 Å². The van der Waals surface area contributed by atoms with Gasteiger partial charge in [-0.15, -0.1) is 0 Å². The number of hydrogen-bond acceptors (Lipinski definition) is 4. The van der Waals surface area contributed by atoms with E-state index in [0.29, 0.717) is 4.99 Å². The summed E-state index contributed by atoms with van der Waals surface area (Å²) in [7, 11) is 3.52. The van der Waals surface area contributed by atoms with Crippen molar-refractivity contribution in [1.82, 2.24) is 9.78 Å². The molecule has 1 aromatic heterocycles. The number of methoxy groups -OCH3 is 1. The van der Waals surface area contributed by atoms with Crippen LogP contribution in [0.1, 0.15) is 18.2 Å². The van der Waals surface area contributed by atoms with Crippen molar-refractivity contribution in [2.24, 2.45) is 12.8 Å². The third-order valence-electron chi connectivity index (χ3n) is 3.00. The Kier molecular flexibility index (Phi) is 4.24. The molecule has 1 heterocycles. The van der Waals surface area contributed by atoms with E-state index in [1.807, 2.05) is 31.4 Å². The van der Waals surface area contributed by atoms with Crippen molar-refractivity contribution >= 4 is 28.6 Å². The fourth-order valence-electron chi connectivity index (χ4n) is 2.01. The molecule has 0 radical (unpaired) electrons. The van der Waals surface area contributed by atoms with Gasteiger partial charge in [-0.3, -0.25) is 4.68 Å². The van der Waals surface area contributed by atoms with E-state index in [1.54, 1.807) is 11.8 Å². The molecule has 20 heavy (non-hydrogen) atoms. The molecule has 6 heteroatoms. The molecule has 0 atom stereocenters. The molecule has 106 valence electrons. The molecular formula is C14H18N4OS. The zero-order valence-corrected chi connectivity index (χ0v) is 12.6. The summed E-state index contributed by atoms with van der Waals surface area (Å²) in [6, 6.07) is 5.57. The molecule has 0 unspecified atom stereocenters. The fourth-order valence-corrected chi connectivity index (χ4v) is 2.19. The molecule has 0 saturated heterocycles. The molecule has 1 aromatic carbocycles. The first-order chi connectivity index (χ1) is 9.55. The molecule has 2 rings (SSSR count). The molecule has 0 aliphatic rings. The van der Waals surface area contributed by atoms with Crippen LogP contribution in [0.5, 0.6) is 5.75 Å². The number of rotatable bonds is 5. The van der Waals surface area contributed by atoms with Crippen LogP contribution in [-0.4, -0.2) is 21.9 Å². The van der Waals surface area contributed by atoms with E-state index in [2.05, 4.69) is 17.3 Å². The number of nitrogens with zero attached hydrogens (tertiary/aromatic N) is 2. The summed E-state index contributed by atoms with van der Waals surface area (Å²) in [5.74, 6) is 0.745. The lowest BCUT2D eigenvalue weighted by Gasteiger charge is -2.12. The summed E-state index contributed by atoms with van der Waals surface area (Å²) >= 11 is 5.09. The predicted molar refractivity (Wildman–Crippen MR) is 84.8 cm³/mol. The van der Waals surface area contributed by atoms with Gasteiger partial charge >= 0.3 is 0 Å². The van der Waals surface area contributed by atoms with Gasteiger partial charge in [0.15, 0.2) is 0 Å². The highest BCUT2D eigenvalue weighted by Gasteiger charge is 2.11. The van der Waals surface area contributed by atoms with Gasteiger partial charge in [0.25, 0.3) is 0 Å². The molecule has 0 fully saturated rings. The SMILES string of the molecule is CCc1nn(C)cc1Nc1cc(OC)ccc1C(N)=S. The quantitative estimate of drug-likeness (QED) is 0.828. The maximum atomic E-state index is 5.77. The zero-order valence-electron chi connectivity index (χ0n) is 11.8. The van der Waals surface area contributed by atoms with Gasteiger partial charge in [0.05, 0.1) is 24.2 Å². The topological polar surface area (TPSA) is 65.1 Å². The minimum atomic E-state index is 0.345. The number of nitrogens with one attached hydrogen (secondary N) is 1. The van der Waals surface area contributed by atoms with E-state index in [4.69, 9.17) is 22.7 Å². The maximum absolute atomic E-state index is 5.77. The minimum Gasteiger partial charge on any atom is -0.497 e. The van der Waals surface area contributed by atoms with E-state index in [1.165, 1.54) is 0 Å². The molecule has 2 aromatic rings. The Morgan fingerprint density at radius 3 is 2.80 bits per heavy atom. The fraction of sp³-hybridized carbons (Fsp3) is 0.286. The second-order valence-corrected chi connectivity index (χ2v) is 4.86. The normalized spacial score (nSPS) is 10.3. The number of aromatic nitrogens is 2. The summed E-state index contributed by atoms with van der Waals surface area (Å²) in [4.78, 5) is 0.345. The van der Waals surface area contributed by atoms with Crippen LogP contribution in [0.2, 0.25) is 0 Å². The van der Waals surface area contributed by atoms with Crippen LogP contribution in [0, 0.1) is 0 Å². The highest BCUT2D eigenvalue weighted by atomic mass is 32.1. The monoisotopic (exact) mass is 290 g/mol. The predicted octanol–water partition coefficient (Wildman–Crippen LogP) is 2.37. The Hall–Kier alpha value is -2.08. The molecule has 5 nitrogen and oxygen atoms in total. The molecule has 0 aliphatic carbocycles. The number of anilines is 2. The standard InChI is InChI=1S/C14H18N4OS/c1-4-11-13(8-18(2)17-11)16-12-7-9(19-3)5-6-10(12)14(15)20/h5-8,16H,4H2,1-3H3,(H2,15,20). The van der Waals surface area contributed by atoms with Gasteiger partial charge in [-0.05, 0) is 18.6 Å². The maximum Gasteiger partial charge on any atom is 0.120 e. The van der Waals surface area contributed by atoms with Crippen molar-refractivity contribution in [3.63, 3.8) is 0 Å². The third kappa shape index (κ3) is 2.91. The zero-order chi connectivity index (χ0) is 14.7.